The van der Waals surface area contributed by atoms with Crippen molar-refractivity contribution in [1.29, 1.82) is 0 Å². The summed E-state index contributed by atoms with van der Waals surface area (Å²) < 4.78 is 14.0. The molecule has 3 nitrogen and oxygen atoms in total. The summed E-state index contributed by atoms with van der Waals surface area (Å²) in [5.41, 5.74) is 8.49. The highest BCUT2D eigenvalue weighted by Gasteiger charge is 2.05. The molecule has 1 aromatic rings. The molecule has 0 aliphatic heterocycles. The summed E-state index contributed by atoms with van der Waals surface area (Å²) in [5, 5.41) is 3.71. The van der Waals surface area contributed by atoms with E-state index in [1.165, 1.54) is 6.07 Å². The van der Waals surface area contributed by atoms with Gasteiger partial charge < -0.3 is 0 Å². The van der Waals surface area contributed by atoms with Gasteiger partial charge in [0.05, 0.1) is 0 Å². The molecular formula is C10H8BrClFN3. The SMILES string of the molecule is [N-]=[N+]=NCCC=Cc1c(F)cc(Cl)cc1Br. The maximum atomic E-state index is 13.4. The van der Waals surface area contributed by atoms with Crippen LogP contribution >= 0.6 is 27.5 Å². The average molecular weight is 305 g/mol. The van der Waals surface area contributed by atoms with Crippen LogP contribution in [0.4, 0.5) is 4.39 Å². The van der Waals surface area contributed by atoms with Gasteiger partial charge in [-0.3, -0.25) is 0 Å². The van der Waals surface area contributed by atoms with E-state index in [1.807, 2.05) is 0 Å². The summed E-state index contributed by atoms with van der Waals surface area (Å²) in [7, 11) is 0. The molecule has 0 aliphatic carbocycles. The first-order valence-electron chi connectivity index (χ1n) is 4.47. The largest absolute Gasteiger partial charge is 0.206 e. The minimum Gasteiger partial charge on any atom is -0.206 e. The molecule has 1 rings (SSSR count). The number of rotatable bonds is 4. The van der Waals surface area contributed by atoms with Gasteiger partial charge in [0.25, 0.3) is 0 Å². The Hall–Kier alpha value is -1.03. The van der Waals surface area contributed by atoms with Crippen LogP contribution in [0.5, 0.6) is 0 Å². The van der Waals surface area contributed by atoms with E-state index >= 15 is 0 Å². The molecule has 0 unspecified atom stereocenters. The second-order valence-corrected chi connectivity index (χ2v) is 4.22. The average Bonchev–Trinajstić information content (AvgIpc) is 2.20. The van der Waals surface area contributed by atoms with E-state index in [0.717, 1.165) is 0 Å². The van der Waals surface area contributed by atoms with E-state index in [9.17, 15) is 4.39 Å². The van der Waals surface area contributed by atoms with E-state index in [2.05, 4.69) is 26.0 Å². The fourth-order valence-electron chi connectivity index (χ4n) is 1.09. The van der Waals surface area contributed by atoms with Crippen molar-refractivity contribution in [1.82, 2.24) is 0 Å². The van der Waals surface area contributed by atoms with Gasteiger partial charge in [0, 0.05) is 26.5 Å². The number of hydrogen-bond donors (Lipinski definition) is 0. The fourth-order valence-corrected chi connectivity index (χ4v) is 2.00. The van der Waals surface area contributed by atoms with E-state index in [4.69, 9.17) is 17.1 Å². The smallest absolute Gasteiger partial charge is 0.133 e. The van der Waals surface area contributed by atoms with E-state index in [-0.39, 0.29) is 5.82 Å². The normalized spacial score (nSPS) is 10.4. The van der Waals surface area contributed by atoms with Crippen molar-refractivity contribution in [2.75, 3.05) is 6.54 Å². The van der Waals surface area contributed by atoms with E-state index in [0.29, 0.717) is 28.0 Å². The second kappa shape index (κ2) is 6.53. The van der Waals surface area contributed by atoms with Gasteiger partial charge >= 0.3 is 0 Å². The molecular weight excluding hydrogens is 296 g/mol. The monoisotopic (exact) mass is 303 g/mol. The van der Waals surface area contributed by atoms with Crippen molar-refractivity contribution >= 4 is 33.6 Å². The van der Waals surface area contributed by atoms with E-state index < -0.39 is 0 Å². The van der Waals surface area contributed by atoms with Crippen molar-refractivity contribution in [2.24, 2.45) is 5.11 Å². The summed E-state index contributed by atoms with van der Waals surface area (Å²) in [6, 6.07) is 2.87. The van der Waals surface area contributed by atoms with Crippen LogP contribution < -0.4 is 0 Å². The Balaban J connectivity index is 2.77. The standard InChI is InChI=1S/C10H8BrClFN3/c11-9-5-7(12)6-10(13)8(9)3-1-2-4-15-16-14/h1,3,5-6H,2,4H2. The molecule has 0 bridgehead atoms. The Labute approximate surface area is 106 Å². The first-order chi connectivity index (χ1) is 7.65. The molecule has 0 radical (unpaired) electrons. The van der Waals surface area contributed by atoms with Crippen LogP contribution in [0.2, 0.25) is 5.02 Å². The van der Waals surface area contributed by atoms with Crippen molar-refractivity contribution in [3.8, 4) is 0 Å². The third-order valence-electron chi connectivity index (χ3n) is 1.79. The summed E-state index contributed by atoms with van der Waals surface area (Å²) in [6.07, 6.45) is 3.94. The molecule has 0 N–H and O–H groups in total. The Bertz CT molecular complexity index is 432. The van der Waals surface area contributed by atoms with Crippen molar-refractivity contribution in [3.05, 3.63) is 49.5 Å². The minimum atomic E-state index is -0.389. The summed E-state index contributed by atoms with van der Waals surface area (Å²) >= 11 is 8.90. The molecule has 6 heteroatoms. The Morgan fingerprint density at radius 1 is 1.56 bits per heavy atom. The lowest BCUT2D eigenvalue weighted by Gasteiger charge is -2.01. The first-order valence-corrected chi connectivity index (χ1v) is 5.64. The van der Waals surface area contributed by atoms with Gasteiger partial charge in [-0.25, -0.2) is 4.39 Å². The zero-order valence-corrected chi connectivity index (χ0v) is 10.5. The third-order valence-corrected chi connectivity index (χ3v) is 2.66. The molecule has 0 aromatic heterocycles. The number of hydrogen-bond acceptors (Lipinski definition) is 1. The van der Waals surface area contributed by atoms with Gasteiger partial charge in [-0.15, -0.1) is 0 Å². The predicted octanol–water partition coefficient (Wildman–Crippen LogP) is 4.96. The molecule has 84 valence electrons. The highest BCUT2D eigenvalue weighted by Crippen LogP contribution is 2.25. The molecule has 0 fully saturated rings. The van der Waals surface area contributed by atoms with Crippen LogP contribution in [0.1, 0.15) is 12.0 Å². The summed E-state index contributed by atoms with van der Waals surface area (Å²) in [4.78, 5) is 2.62. The lowest BCUT2D eigenvalue weighted by atomic mass is 10.2. The van der Waals surface area contributed by atoms with Crippen LogP contribution in [0.25, 0.3) is 16.5 Å². The predicted molar refractivity (Wildman–Crippen MR) is 66.8 cm³/mol. The first kappa shape index (κ1) is 13.0. The second-order valence-electron chi connectivity index (χ2n) is 2.93. The van der Waals surface area contributed by atoms with E-state index in [1.54, 1.807) is 18.2 Å². The van der Waals surface area contributed by atoms with Gasteiger partial charge in [0.1, 0.15) is 5.82 Å². The maximum Gasteiger partial charge on any atom is 0.133 e. The lowest BCUT2D eigenvalue weighted by Crippen LogP contribution is -1.84. The highest BCUT2D eigenvalue weighted by atomic mass is 79.9. The van der Waals surface area contributed by atoms with Crippen molar-refractivity contribution < 1.29 is 4.39 Å². The van der Waals surface area contributed by atoms with Crippen LogP contribution in [-0.2, 0) is 0 Å². The zero-order chi connectivity index (χ0) is 12.0. The van der Waals surface area contributed by atoms with Crippen LogP contribution in [0.3, 0.4) is 0 Å². The molecule has 0 saturated heterocycles. The number of benzene rings is 1. The minimum absolute atomic E-state index is 0.343. The summed E-state index contributed by atoms with van der Waals surface area (Å²) in [5.74, 6) is -0.389. The highest BCUT2D eigenvalue weighted by molar-refractivity contribution is 9.10. The lowest BCUT2D eigenvalue weighted by molar-refractivity contribution is 0.624. The molecule has 0 spiro atoms. The van der Waals surface area contributed by atoms with Gasteiger partial charge in [-0.2, -0.15) is 0 Å². The molecule has 0 saturated carbocycles. The Morgan fingerprint density at radius 3 is 2.94 bits per heavy atom. The van der Waals surface area contributed by atoms with Crippen molar-refractivity contribution in [3.63, 3.8) is 0 Å². The van der Waals surface area contributed by atoms with Gasteiger partial charge in [-0.1, -0.05) is 44.8 Å². The fraction of sp³-hybridized carbons (Fsp3) is 0.200. The van der Waals surface area contributed by atoms with Crippen molar-refractivity contribution in [2.45, 2.75) is 6.42 Å². The van der Waals surface area contributed by atoms with Gasteiger partial charge in [-0.05, 0) is 24.1 Å². The van der Waals surface area contributed by atoms with Crippen LogP contribution in [0.15, 0.2) is 27.8 Å². The van der Waals surface area contributed by atoms with Gasteiger partial charge in [0.2, 0.25) is 0 Å². The molecule has 0 amide bonds. The third kappa shape index (κ3) is 3.85. The molecule has 0 aliphatic rings. The number of halogens is 3. The van der Waals surface area contributed by atoms with Gasteiger partial charge in [0.15, 0.2) is 0 Å². The molecule has 0 heterocycles. The summed E-state index contributed by atoms with van der Waals surface area (Å²) in [6.45, 7) is 0.361. The molecule has 1 aromatic carbocycles. The number of nitrogens with zero attached hydrogens (tertiary/aromatic N) is 3. The Kier molecular flexibility index (Phi) is 5.32. The van der Waals surface area contributed by atoms with Crippen LogP contribution in [-0.4, -0.2) is 6.54 Å². The number of azide groups is 1. The molecule has 0 atom stereocenters. The zero-order valence-electron chi connectivity index (χ0n) is 8.20. The quantitative estimate of drug-likeness (QED) is 0.327. The maximum absolute atomic E-state index is 13.4. The van der Waals surface area contributed by atoms with Crippen LogP contribution in [0, 0.1) is 5.82 Å². The Morgan fingerprint density at radius 2 is 2.31 bits per heavy atom. The molecule has 16 heavy (non-hydrogen) atoms. The topological polar surface area (TPSA) is 48.8 Å².